The number of rotatable bonds is 5. The van der Waals surface area contributed by atoms with Gasteiger partial charge in [-0.1, -0.05) is 6.07 Å². The van der Waals surface area contributed by atoms with Gasteiger partial charge in [0.2, 0.25) is 11.8 Å². The summed E-state index contributed by atoms with van der Waals surface area (Å²) in [5, 5.41) is 0. The molecule has 7 nitrogen and oxygen atoms in total. The van der Waals surface area contributed by atoms with Crippen LogP contribution in [0.2, 0.25) is 0 Å². The molecule has 1 aromatic rings. The summed E-state index contributed by atoms with van der Waals surface area (Å²) in [4.78, 5) is 30.2. The average Bonchev–Trinajstić information content (AvgIpc) is 2.68. The van der Waals surface area contributed by atoms with Gasteiger partial charge in [0.25, 0.3) is 0 Å². The Morgan fingerprint density at radius 2 is 1.81 bits per heavy atom. The summed E-state index contributed by atoms with van der Waals surface area (Å²) in [6.07, 6.45) is 1.51. The van der Waals surface area contributed by atoms with Crippen molar-refractivity contribution in [2.24, 2.45) is 11.7 Å². The Labute approximate surface area is 154 Å². The van der Waals surface area contributed by atoms with E-state index < -0.39 is 0 Å². The van der Waals surface area contributed by atoms with Crippen LogP contribution in [0.25, 0.3) is 0 Å². The number of benzene rings is 1. The fourth-order valence-electron chi connectivity index (χ4n) is 3.69. The van der Waals surface area contributed by atoms with Gasteiger partial charge in [-0.05, 0) is 38.1 Å². The van der Waals surface area contributed by atoms with E-state index in [1.165, 1.54) is 0 Å². The molecule has 2 fully saturated rings. The van der Waals surface area contributed by atoms with Gasteiger partial charge in [-0.25, -0.2) is 0 Å². The van der Waals surface area contributed by atoms with Crippen molar-refractivity contribution in [1.29, 1.82) is 0 Å². The first kappa shape index (κ1) is 18.5. The number of methoxy groups -OCH3 is 1. The van der Waals surface area contributed by atoms with E-state index in [9.17, 15) is 9.59 Å². The number of piperazine rings is 1. The molecule has 0 spiro atoms. The lowest BCUT2D eigenvalue weighted by Gasteiger charge is -2.38. The van der Waals surface area contributed by atoms with Crippen molar-refractivity contribution in [3.05, 3.63) is 24.3 Å². The number of ether oxygens (including phenoxy) is 1. The molecule has 26 heavy (non-hydrogen) atoms. The summed E-state index contributed by atoms with van der Waals surface area (Å²) >= 11 is 0. The van der Waals surface area contributed by atoms with Crippen LogP contribution in [-0.4, -0.2) is 74.5 Å². The molecule has 2 heterocycles. The Morgan fingerprint density at radius 1 is 1.12 bits per heavy atom. The summed E-state index contributed by atoms with van der Waals surface area (Å²) < 4.78 is 5.29. The van der Waals surface area contributed by atoms with Gasteiger partial charge in [-0.3, -0.25) is 14.5 Å². The number of hydrogen-bond donors (Lipinski definition) is 1. The maximum atomic E-state index is 12.6. The minimum Gasteiger partial charge on any atom is -0.497 e. The van der Waals surface area contributed by atoms with Crippen molar-refractivity contribution in [2.75, 3.05) is 57.8 Å². The minimum absolute atomic E-state index is 0.0345. The zero-order valence-electron chi connectivity index (χ0n) is 15.4. The fourth-order valence-corrected chi connectivity index (χ4v) is 3.69. The van der Waals surface area contributed by atoms with E-state index in [2.05, 4.69) is 15.9 Å². The Kier molecular flexibility index (Phi) is 5.98. The van der Waals surface area contributed by atoms with Gasteiger partial charge in [0.1, 0.15) is 5.75 Å². The van der Waals surface area contributed by atoms with Gasteiger partial charge in [0.15, 0.2) is 0 Å². The highest BCUT2D eigenvalue weighted by molar-refractivity contribution is 5.79. The van der Waals surface area contributed by atoms with E-state index in [0.29, 0.717) is 6.54 Å². The molecule has 2 amide bonds. The first-order valence-electron chi connectivity index (χ1n) is 9.25. The van der Waals surface area contributed by atoms with E-state index in [1.807, 2.05) is 23.1 Å². The summed E-state index contributed by atoms with van der Waals surface area (Å²) in [5.41, 5.74) is 6.49. The van der Waals surface area contributed by atoms with Crippen LogP contribution in [0.15, 0.2) is 24.3 Å². The lowest BCUT2D eigenvalue weighted by Crippen LogP contribution is -2.52. The molecule has 0 atom stereocenters. The number of primary amides is 1. The third-order valence-electron chi connectivity index (χ3n) is 5.40. The predicted octanol–water partition coefficient (Wildman–Crippen LogP) is 0.541. The third kappa shape index (κ3) is 4.46. The summed E-state index contributed by atoms with van der Waals surface area (Å²) in [6, 6.07) is 8.02. The third-order valence-corrected chi connectivity index (χ3v) is 5.40. The Balaban J connectivity index is 1.46. The lowest BCUT2D eigenvalue weighted by atomic mass is 9.96. The first-order valence-corrected chi connectivity index (χ1v) is 9.25. The van der Waals surface area contributed by atoms with Crippen molar-refractivity contribution < 1.29 is 14.3 Å². The normalized spacial score (nSPS) is 19.4. The molecule has 3 rings (SSSR count). The van der Waals surface area contributed by atoms with Gasteiger partial charge < -0.3 is 20.3 Å². The van der Waals surface area contributed by atoms with Gasteiger partial charge >= 0.3 is 0 Å². The van der Waals surface area contributed by atoms with Gasteiger partial charge in [0, 0.05) is 43.9 Å². The number of carbonyl (C=O) groups excluding carboxylic acids is 2. The second kappa shape index (κ2) is 8.40. The van der Waals surface area contributed by atoms with Gasteiger partial charge in [-0.2, -0.15) is 0 Å². The number of hydrogen-bond acceptors (Lipinski definition) is 5. The van der Waals surface area contributed by atoms with Crippen LogP contribution in [0.3, 0.4) is 0 Å². The summed E-state index contributed by atoms with van der Waals surface area (Å²) in [5.74, 6) is 0.769. The highest BCUT2D eigenvalue weighted by Gasteiger charge is 2.27. The Hall–Kier alpha value is -2.28. The molecule has 0 saturated carbocycles. The summed E-state index contributed by atoms with van der Waals surface area (Å²) in [6.45, 7) is 5.07. The SMILES string of the molecule is COc1cccc(N2CCN(C(=O)CN3CCC(C(N)=O)CC3)CC2)c1. The van der Waals surface area contributed by atoms with Crippen LogP contribution in [-0.2, 0) is 9.59 Å². The number of nitrogens with two attached hydrogens (primary N) is 1. The Bertz CT molecular complexity index is 635. The molecule has 7 heteroatoms. The first-order chi connectivity index (χ1) is 12.6. The molecule has 2 aliphatic heterocycles. The molecule has 2 aliphatic rings. The highest BCUT2D eigenvalue weighted by Crippen LogP contribution is 2.22. The second-order valence-electron chi connectivity index (χ2n) is 7.02. The van der Waals surface area contributed by atoms with Crippen LogP contribution >= 0.6 is 0 Å². The second-order valence-corrected chi connectivity index (χ2v) is 7.02. The number of amides is 2. The minimum atomic E-state index is -0.218. The summed E-state index contributed by atoms with van der Waals surface area (Å²) in [7, 11) is 1.67. The van der Waals surface area contributed by atoms with Crippen LogP contribution in [0.5, 0.6) is 5.75 Å². The largest absolute Gasteiger partial charge is 0.497 e. The Morgan fingerprint density at radius 3 is 2.42 bits per heavy atom. The highest BCUT2D eigenvalue weighted by atomic mass is 16.5. The molecule has 0 radical (unpaired) electrons. The number of anilines is 1. The maximum Gasteiger partial charge on any atom is 0.236 e. The predicted molar refractivity (Wildman–Crippen MR) is 100 cm³/mol. The molecule has 2 saturated heterocycles. The van der Waals surface area contributed by atoms with Crippen LogP contribution in [0.1, 0.15) is 12.8 Å². The van der Waals surface area contributed by atoms with Gasteiger partial charge in [0.05, 0.1) is 13.7 Å². The molecule has 142 valence electrons. The maximum absolute atomic E-state index is 12.6. The van der Waals surface area contributed by atoms with Crippen molar-refractivity contribution in [3.8, 4) is 5.75 Å². The van der Waals surface area contributed by atoms with E-state index in [1.54, 1.807) is 7.11 Å². The smallest absolute Gasteiger partial charge is 0.236 e. The van der Waals surface area contributed by atoms with E-state index in [0.717, 1.165) is 63.5 Å². The van der Waals surface area contributed by atoms with E-state index in [-0.39, 0.29) is 17.7 Å². The van der Waals surface area contributed by atoms with Crippen LogP contribution in [0, 0.1) is 5.92 Å². The molecule has 0 unspecified atom stereocenters. The zero-order chi connectivity index (χ0) is 18.5. The zero-order valence-corrected chi connectivity index (χ0v) is 15.4. The quantitative estimate of drug-likeness (QED) is 0.829. The standard InChI is InChI=1S/C19H28N4O3/c1-26-17-4-2-3-16(13-17)22-9-11-23(12-10-22)18(24)14-21-7-5-15(6-8-21)19(20)25/h2-4,13,15H,5-12,14H2,1H3,(H2,20,25). The van der Waals surface area contributed by atoms with Gasteiger partial charge in [-0.15, -0.1) is 0 Å². The average molecular weight is 360 g/mol. The number of piperidine rings is 1. The van der Waals surface area contributed by atoms with E-state index >= 15 is 0 Å². The fraction of sp³-hybridized carbons (Fsp3) is 0.579. The van der Waals surface area contributed by atoms with Crippen molar-refractivity contribution in [3.63, 3.8) is 0 Å². The van der Waals surface area contributed by atoms with Crippen LogP contribution in [0.4, 0.5) is 5.69 Å². The molecular formula is C19H28N4O3. The molecule has 0 aliphatic carbocycles. The van der Waals surface area contributed by atoms with E-state index in [4.69, 9.17) is 10.5 Å². The molecular weight excluding hydrogens is 332 g/mol. The topological polar surface area (TPSA) is 79.1 Å². The van der Waals surface area contributed by atoms with Crippen molar-refractivity contribution in [1.82, 2.24) is 9.80 Å². The monoisotopic (exact) mass is 360 g/mol. The van der Waals surface area contributed by atoms with Crippen molar-refractivity contribution >= 4 is 17.5 Å². The molecule has 2 N–H and O–H groups in total. The van der Waals surface area contributed by atoms with Crippen molar-refractivity contribution in [2.45, 2.75) is 12.8 Å². The number of likely N-dealkylation sites (tertiary alicyclic amines) is 1. The molecule has 1 aromatic carbocycles. The molecule has 0 aromatic heterocycles. The molecule has 0 bridgehead atoms. The van der Waals surface area contributed by atoms with Crippen LogP contribution < -0.4 is 15.4 Å². The number of carbonyl (C=O) groups is 2. The lowest BCUT2D eigenvalue weighted by molar-refractivity contribution is -0.133. The number of nitrogens with zero attached hydrogens (tertiary/aromatic N) is 3.